The quantitative estimate of drug-likeness (QED) is 0.813. The third-order valence-corrected chi connectivity index (χ3v) is 4.75. The Hall–Kier alpha value is -0.820. The molecular formula is C18H29N. The molecule has 2 unspecified atom stereocenters. The third kappa shape index (κ3) is 3.02. The summed E-state index contributed by atoms with van der Waals surface area (Å²) in [6, 6.07) is 9.74. The Kier molecular flexibility index (Phi) is 4.67. The summed E-state index contributed by atoms with van der Waals surface area (Å²) in [5.41, 5.74) is 3.51. The van der Waals surface area contributed by atoms with Crippen LogP contribution in [0.2, 0.25) is 0 Å². The van der Waals surface area contributed by atoms with Crippen LogP contribution in [-0.2, 0) is 5.41 Å². The SMILES string of the molecule is CCCNC(CC)C1CCC(C)(C)c2ccccc21. The van der Waals surface area contributed by atoms with Gasteiger partial charge in [0, 0.05) is 6.04 Å². The molecule has 0 aromatic heterocycles. The van der Waals surface area contributed by atoms with Crippen molar-refractivity contribution in [2.24, 2.45) is 0 Å². The molecule has 2 atom stereocenters. The Morgan fingerprint density at radius 1 is 1.26 bits per heavy atom. The van der Waals surface area contributed by atoms with Gasteiger partial charge in [-0.05, 0) is 54.7 Å². The number of nitrogens with one attached hydrogen (secondary N) is 1. The van der Waals surface area contributed by atoms with E-state index in [0.717, 1.165) is 6.54 Å². The van der Waals surface area contributed by atoms with Crippen molar-refractivity contribution in [1.82, 2.24) is 5.32 Å². The molecule has 106 valence electrons. The van der Waals surface area contributed by atoms with Gasteiger partial charge in [0.2, 0.25) is 0 Å². The number of hydrogen-bond acceptors (Lipinski definition) is 1. The lowest BCUT2D eigenvalue weighted by atomic mass is 9.67. The molecule has 1 aromatic rings. The van der Waals surface area contributed by atoms with Gasteiger partial charge < -0.3 is 5.32 Å². The Labute approximate surface area is 118 Å². The molecule has 1 aliphatic carbocycles. The first-order valence-electron chi connectivity index (χ1n) is 7.93. The van der Waals surface area contributed by atoms with Crippen molar-refractivity contribution < 1.29 is 0 Å². The summed E-state index contributed by atoms with van der Waals surface area (Å²) < 4.78 is 0. The van der Waals surface area contributed by atoms with Crippen LogP contribution >= 0.6 is 0 Å². The molecule has 0 saturated carbocycles. The van der Waals surface area contributed by atoms with Gasteiger partial charge >= 0.3 is 0 Å². The van der Waals surface area contributed by atoms with E-state index in [9.17, 15) is 0 Å². The highest BCUT2D eigenvalue weighted by molar-refractivity contribution is 5.39. The summed E-state index contributed by atoms with van der Waals surface area (Å²) in [5, 5.41) is 3.76. The van der Waals surface area contributed by atoms with Crippen LogP contribution in [0.1, 0.15) is 70.4 Å². The van der Waals surface area contributed by atoms with E-state index in [2.05, 4.69) is 57.3 Å². The van der Waals surface area contributed by atoms with Crippen LogP contribution in [0.15, 0.2) is 24.3 Å². The lowest BCUT2D eigenvalue weighted by Crippen LogP contribution is -2.39. The number of fused-ring (bicyclic) bond motifs is 1. The fraction of sp³-hybridized carbons (Fsp3) is 0.667. The van der Waals surface area contributed by atoms with Crippen molar-refractivity contribution in [1.29, 1.82) is 0 Å². The molecule has 0 amide bonds. The summed E-state index contributed by atoms with van der Waals surface area (Å²) in [7, 11) is 0. The van der Waals surface area contributed by atoms with E-state index >= 15 is 0 Å². The lowest BCUT2D eigenvalue weighted by molar-refractivity contribution is 0.327. The molecule has 1 aliphatic rings. The van der Waals surface area contributed by atoms with Gasteiger partial charge in [0.1, 0.15) is 0 Å². The van der Waals surface area contributed by atoms with Crippen molar-refractivity contribution in [2.45, 2.75) is 70.8 Å². The van der Waals surface area contributed by atoms with Crippen molar-refractivity contribution in [3.63, 3.8) is 0 Å². The molecule has 0 saturated heterocycles. The second-order valence-corrected chi connectivity index (χ2v) is 6.59. The monoisotopic (exact) mass is 259 g/mol. The maximum Gasteiger partial charge on any atom is 0.0133 e. The minimum Gasteiger partial charge on any atom is -0.313 e. The van der Waals surface area contributed by atoms with Gasteiger partial charge in [0.15, 0.2) is 0 Å². The summed E-state index contributed by atoms with van der Waals surface area (Å²) >= 11 is 0. The summed E-state index contributed by atoms with van der Waals surface area (Å²) in [4.78, 5) is 0. The largest absolute Gasteiger partial charge is 0.313 e. The Morgan fingerprint density at radius 3 is 2.68 bits per heavy atom. The summed E-state index contributed by atoms with van der Waals surface area (Å²) in [5.74, 6) is 0.695. The molecule has 0 heterocycles. The Morgan fingerprint density at radius 2 is 2.00 bits per heavy atom. The smallest absolute Gasteiger partial charge is 0.0133 e. The van der Waals surface area contributed by atoms with Gasteiger partial charge in [-0.25, -0.2) is 0 Å². The van der Waals surface area contributed by atoms with Gasteiger partial charge in [-0.1, -0.05) is 52.0 Å². The average molecular weight is 259 g/mol. The molecule has 0 radical (unpaired) electrons. The van der Waals surface area contributed by atoms with Crippen molar-refractivity contribution in [3.05, 3.63) is 35.4 Å². The zero-order valence-electron chi connectivity index (χ0n) is 13.0. The first kappa shape index (κ1) is 14.6. The van der Waals surface area contributed by atoms with Gasteiger partial charge in [0.25, 0.3) is 0 Å². The van der Waals surface area contributed by atoms with Crippen LogP contribution in [0.25, 0.3) is 0 Å². The van der Waals surface area contributed by atoms with E-state index in [-0.39, 0.29) is 0 Å². The predicted molar refractivity (Wildman–Crippen MR) is 83.8 cm³/mol. The van der Waals surface area contributed by atoms with E-state index in [1.807, 2.05) is 0 Å². The van der Waals surface area contributed by atoms with Crippen molar-refractivity contribution in [3.8, 4) is 0 Å². The number of rotatable bonds is 5. The molecule has 2 rings (SSSR count). The van der Waals surface area contributed by atoms with Gasteiger partial charge in [0.05, 0.1) is 0 Å². The third-order valence-electron chi connectivity index (χ3n) is 4.75. The maximum absolute atomic E-state index is 3.76. The fourth-order valence-electron chi connectivity index (χ4n) is 3.56. The van der Waals surface area contributed by atoms with Crippen LogP contribution in [0.4, 0.5) is 0 Å². The van der Waals surface area contributed by atoms with Crippen molar-refractivity contribution >= 4 is 0 Å². The molecule has 0 bridgehead atoms. The normalized spacial score (nSPS) is 22.8. The standard InChI is InChI=1S/C18H29N/c1-5-13-19-17(6-2)15-11-12-18(3,4)16-10-8-7-9-14(15)16/h7-10,15,17,19H,5-6,11-13H2,1-4H3. The number of benzene rings is 1. The minimum atomic E-state index is 0.343. The number of hydrogen-bond donors (Lipinski definition) is 1. The second kappa shape index (κ2) is 6.09. The second-order valence-electron chi connectivity index (χ2n) is 6.59. The topological polar surface area (TPSA) is 12.0 Å². The molecule has 0 spiro atoms. The molecular weight excluding hydrogens is 230 g/mol. The molecule has 1 N–H and O–H groups in total. The zero-order chi connectivity index (χ0) is 13.9. The molecule has 1 heteroatoms. The van der Waals surface area contributed by atoms with E-state index in [1.54, 1.807) is 11.1 Å². The highest BCUT2D eigenvalue weighted by Gasteiger charge is 2.34. The Balaban J connectivity index is 2.28. The molecule has 1 nitrogen and oxygen atoms in total. The van der Waals surface area contributed by atoms with Crippen molar-refractivity contribution in [2.75, 3.05) is 6.54 Å². The van der Waals surface area contributed by atoms with Gasteiger partial charge in [-0.15, -0.1) is 0 Å². The predicted octanol–water partition coefficient (Wildman–Crippen LogP) is 4.62. The average Bonchev–Trinajstić information content (AvgIpc) is 2.42. The van der Waals surface area contributed by atoms with E-state index in [1.165, 1.54) is 25.7 Å². The highest BCUT2D eigenvalue weighted by atomic mass is 14.9. The van der Waals surface area contributed by atoms with Crippen LogP contribution in [0.3, 0.4) is 0 Å². The van der Waals surface area contributed by atoms with E-state index in [4.69, 9.17) is 0 Å². The van der Waals surface area contributed by atoms with Gasteiger partial charge in [-0.3, -0.25) is 0 Å². The summed E-state index contributed by atoms with van der Waals surface area (Å²) in [6.07, 6.45) is 5.06. The first-order valence-corrected chi connectivity index (χ1v) is 7.93. The van der Waals surface area contributed by atoms with Gasteiger partial charge in [-0.2, -0.15) is 0 Å². The molecule has 0 fully saturated rings. The van der Waals surface area contributed by atoms with Crippen LogP contribution in [0, 0.1) is 0 Å². The van der Waals surface area contributed by atoms with Crippen LogP contribution < -0.4 is 5.32 Å². The zero-order valence-corrected chi connectivity index (χ0v) is 13.0. The molecule has 19 heavy (non-hydrogen) atoms. The Bertz CT molecular complexity index is 408. The van der Waals surface area contributed by atoms with E-state index in [0.29, 0.717) is 17.4 Å². The molecule has 0 aliphatic heterocycles. The molecule has 1 aromatic carbocycles. The fourth-order valence-corrected chi connectivity index (χ4v) is 3.56. The summed E-state index contributed by atoms with van der Waals surface area (Å²) in [6.45, 7) is 10.5. The maximum atomic E-state index is 3.76. The lowest BCUT2D eigenvalue weighted by Gasteiger charge is -2.40. The first-order chi connectivity index (χ1) is 9.10. The highest BCUT2D eigenvalue weighted by Crippen LogP contribution is 2.44. The van der Waals surface area contributed by atoms with E-state index < -0.39 is 0 Å². The minimum absolute atomic E-state index is 0.343. The van der Waals surface area contributed by atoms with Crippen LogP contribution in [0.5, 0.6) is 0 Å². The van der Waals surface area contributed by atoms with Crippen LogP contribution in [-0.4, -0.2) is 12.6 Å².